The van der Waals surface area contributed by atoms with Gasteiger partial charge in [0, 0.05) is 24.3 Å². The summed E-state index contributed by atoms with van der Waals surface area (Å²) in [5, 5.41) is 12.0. The van der Waals surface area contributed by atoms with Gasteiger partial charge in [-0.05, 0) is 36.8 Å². The highest BCUT2D eigenvalue weighted by Gasteiger charge is 2.28. The fourth-order valence-corrected chi connectivity index (χ4v) is 3.37. The summed E-state index contributed by atoms with van der Waals surface area (Å²) in [6.45, 7) is 4.74. The Balaban J connectivity index is 1.85. The second-order valence-corrected chi connectivity index (χ2v) is 6.91. The highest BCUT2D eigenvalue weighted by atomic mass is 15.2. The Morgan fingerprint density at radius 2 is 2.10 bits per heavy atom. The molecule has 4 heteroatoms. The van der Waals surface area contributed by atoms with Gasteiger partial charge in [0.2, 0.25) is 0 Å². The predicted octanol–water partition coefficient (Wildman–Crippen LogP) is 3.86. The maximum atomic E-state index is 4.24. The molecule has 21 heavy (non-hydrogen) atoms. The normalized spacial score (nSPS) is 21.2. The number of hydrogen-bond acceptors (Lipinski definition) is 3. The van der Waals surface area contributed by atoms with E-state index in [1.54, 1.807) is 6.33 Å². The van der Waals surface area contributed by atoms with E-state index in [-0.39, 0.29) is 0 Å². The number of nitrogens with zero attached hydrogens (tertiary/aromatic N) is 3. The molecule has 112 valence electrons. The first-order chi connectivity index (χ1) is 10.1. The molecule has 1 saturated carbocycles. The molecule has 0 bridgehead atoms. The number of rotatable bonds is 3. The second-order valence-electron chi connectivity index (χ2n) is 6.91. The summed E-state index contributed by atoms with van der Waals surface area (Å²) in [6.07, 6.45) is 6.85. The van der Waals surface area contributed by atoms with E-state index in [4.69, 9.17) is 0 Å². The molecule has 0 radical (unpaired) electrons. The van der Waals surface area contributed by atoms with Gasteiger partial charge in [0.15, 0.2) is 5.82 Å². The van der Waals surface area contributed by atoms with E-state index in [9.17, 15) is 0 Å². The Bertz CT molecular complexity index is 615. The zero-order valence-electron chi connectivity index (χ0n) is 13.1. The third kappa shape index (κ3) is 3.09. The number of hydrogen-bond donors (Lipinski definition) is 1. The number of aryl methyl sites for hydroxylation is 1. The minimum Gasteiger partial charge on any atom is -0.382 e. The highest BCUT2D eigenvalue weighted by Crippen LogP contribution is 2.37. The van der Waals surface area contributed by atoms with E-state index in [0.717, 1.165) is 17.1 Å². The summed E-state index contributed by atoms with van der Waals surface area (Å²) >= 11 is 0. The van der Waals surface area contributed by atoms with Gasteiger partial charge in [-0.3, -0.25) is 0 Å². The molecule has 1 aromatic heterocycles. The Morgan fingerprint density at radius 1 is 1.29 bits per heavy atom. The molecule has 1 aromatic carbocycles. The summed E-state index contributed by atoms with van der Waals surface area (Å²) < 4.78 is 1.96. The minimum atomic E-state index is 0.440. The summed E-state index contributed by atoms with van der Waals surface area (Å²) in [6, 6.07) is 8.94. The Labute approximate surface area is 126 Å². The molecular formula is C17H24N4. The molecule has 1 atom stereocenters. The van der Waals surface area contributed by atoms with Gasteiger partial charge in [-0.25, -0.2) is 0 Å². The average molecular weight is 284 g/mol. The zero-order valence-corrected chi connectivity index (χ0v) is 13.1. The first kappa shape index (κ1) is 14.1. The van der Waals surface area contributed by atoms with Crippen LogP contribution < -0.4 is 5.32 Å². The number of benzene rings is 1. The SMILES string of the molecule is Cn1cnnc1-c1ccccc1NC1CCCC(C)(C)C1. The maximum absolute atomic E-state index is 4.24. The molecule has 0 spiro atoms. The van der Waals surface area contributed by atoms with Crippen molar-refractivity contribution in [2.75, 3.05) is 5.32 Å². The number of nitrogens with one attached hydrogen (secondary N) is 1. The van der Waals surface area contributed by atoms with Crippen LogP contribution in [0.5, 0.6) is 0 Å². The van der Waals surface area contributed by atoms with Crippen LogP contribution in [-0.2, 0) is 7.05 Å². The van der Waals surface area contributed by atoms with E-state index < -0.39 is 0 Å². The molecule has 3 rings (SSSR count). The van der Waals surface area contributed by atoms with Crippen molar-refractivity contribution < 1.29 is 0 Å². The lowest BCUT2D eigenvalue weighted by Gasteiger charge is -2.36. The van der Waals surface area contributed by atoms with Crippen molar-refractivity contribution >= 4 is 5.69 Å². The van der Waals surface area contributed by atoms with Gasteiger partial charge in [-0.1, -0.05) is 32.4 Å². The molecule has 1 aliphatic rings. The van der Waals surface area contributed by atoms with Crippen molar-refractivity contribution in [1.29, 1.82) is 0 Å². The monoisotopic (exact) mass is 284 g/mol. The third-order valence-corrected chi connectivity index (χ3v) is 4.44. The third-order valence-electron chi connectivity index (χ3n) is 4.44. The van der Waals surface area contributed by atoms with Crippen LogP contribution in [0.4, 0.5) is 5.69 Å². The van der Waals surface area contributed by atoms with Crippen molar-refractivity contribution in [3.8, 4) is 11.4 Å². The average Bonchev–Trinajstić information content (AvgIpc) is 2.84. The first-order valence-corrected chi connectivity index (χ1v) is 7.75. The van der Waals surface area contributed by atoms with Gasteiger partial charge in [-0.2, -0.15) is 0 Å². The molecule has 0 amide bonds. The van der Waals surface area contributed by atoms with Gasteiger partial charge in [0.1, 0.15) is 6.33 Å². The van der Waals surface area contributed by atoms with E-state index in [1.807, 2.05) is 11.6 Å². The van der Waals surface area contributed by atoms with Crippen molar-refractivity contribution in [2.45, 2.75) is 45.6 Å². The van der Waals surface area contributed by atoms with Crippen LogP contribution in [0.3, 0.4) is 0 Å². The van der Waals surface area contributed by atoms with Crippen LogP contribution in [-0.4, -0.2) is 20.8 Å². The van der Waals surface area contributed by atoms with Gasteiger partial charge >= 0.3 is 0 Å². The molecule has 0 aliphatic heterocycles. The zero-order chi connectivity index (χ0) is 14.9. The van der Waals surface area contributed by atoms with Crippen molar-refractivity contribution in [1.82, 2.24) is 14.8 Å². The molecule has 4 nitrogen and oxygen atoms in total. The van der Waals surface area contributed by atoms with Gasteiger partial charge < -0.3 is 9.88 Å². The van der Waals surface area contributed by atoms with Crippen LogP contribution in [0.2, 0.25) is 0 Å². The van der Waals surface area contributed by atoms with E-state index in [1.165, 1.54) is 25.7 Å². The van der Waals surface area contributed by atoms with Crippen LogP contribution >= 0.6 is 0 Å². The first-order valence-electron chi connectivity index (χ1n) is 7.75. The quantitative estimate of drug-likeness (QED) is 0.930. The van der Waals surface area contributed by atoms with Crippen LogP contribution in [0.1, 0.15) is 39.5 Å². The summed E-state index contributed by atoms with van der Waals surface area (Å²) in [4.78, 5) is 0. The van der Waals surface area contributed by atoms with Crippen LogP contribution in [0.15, 0.2) is 30.6 Å². The standard InChI is InChI=1S/C17H24N4/c1-17(2)10-6-7-13(11-17)19-15-9-5-4-8-14(15)16-20-18-12-21(16)3/h4-5,8-9,12-13,19H,6-7,10-11H2,1-3H3. The summed E-state index contributed by atoms with van der Waals surface area (Å²) in [7, 11) is 1.98. The highest BCUT2D eigenvalue weighted by molar-refractivity contribution is 5.73. The number of anilines is 1. The van der Waals surface area contributed by atoms with Crippen LogP contribution in [0.25, 0.3) is 11.4 Å². The van der Waals surface area contributed by atoms with Crippen molar-refractivity contribution in [3.63, 3.8) is 0 Å². The molecule has 1 unspecified atom stereocenters. The predicted molar refractivity (Wildman–Crippen MR) is 86.1 cm³/mol. The smallest absolute Gasteiger partial charge is 0.165 e. The lowest BCUT2D eigenvalue weighted by molar-refractivity contribution is 0.229. The second kappa shape index (κ2) is 5.51. The molecule has 2 aromatic rings. The summed E-state index contributed by atoms with van der Waals surface area (Å²) in [5.74, 6) is 0.910. The topological polar surface area (TPSA) is 42.7 Å². The fraction of sp³-hybridized carbons (Fsp3) is 0.529. The lowest BCUT2D eigenvalue weighted by Crippen LogP contribution is -2.31. The summed E-state index contributed by atoms with van der Waals surface area (Å²) in [5.41, 5.74) is 2.73. The Hall–Kier alpha value is -1.84. The Kier molecular flexibility index (Phi) is 3.70. The molecule has 1 fully saturated rings. The molecular weight excluding hydrogens is 260 g/mol. The van der Waals surface area contributed by atoms with E-state index in [0.29, 0.717) is 11.5 Å². The molecule has 0 saturated heterocycles. The maximum Gasteiger partial charge on any atom is 0.165 e. The van der Waals surface area contributed by atoms with Gasteiger partial charge in [-0.15, -0.1) is 10.2 Å². The minimum absolute atomic E-state index is 0.440. The van der Waals surface area contributed by atoms with Gasteiger partial charge in [0.05, 0.1) is 0 Å². The van der Waals surface area contributed by atoms with E-state index in [2.05, 4.69) is 53.6 Å². The number of aromatic nitrogens is 3. The van der Waals surface area contributed by atoms with Gasteiger partial charge in [0.25, 0.3) is 0 Å². The molecule has 1 heterocycles. The van der Waals surface area contributed by atoms with Crippen molar-refractivity contribution in [2.24, 2.45) is 12.5 Å². The van der Waals surface area contributed by atoms with E-state index >= 15 is 0 Å². The lowest BCUT2D eigenvalue weighted by atomic mass is 9.75. The molecule has 1 N–H and O–H groups in total. The van der Waals surface area contributed by atoms with Crippen LogP contribution in [0, 0.1) is 5.41 Å². The fourth-order valence-electron chi connectivity index (χ4n) is 3.37. The number of para-hydroxylation sites is 1. The Morgan fingerprint density at radius 3 is 2.81 bits per heavy atom. The molecule has 1 aliphatic carbocycles. The van der Waals surface area contributed by atoms with Crippen molar-refractivity contribution in [3.05, 3.63) is 30.6 Å². The largest absolute Gasteiger partial charge is 0.382 e.